The Hall–Kier alpha value is 0.170. The van der Waals surface area contributed by atoms with Crippen molar-refractivity contribution in [1.29, 1.82) is 0 Å². The van der Waals surface area contributed by atoms with E-state index in [1.54, 1.807) is 0 Å². The van der Waals surface area contributed by atoms with Crippen molar-refractivity contribution in [3.05, 3.63) is 0 Å². The molecule has 1 amide bonds. The highest BCUT2D eigenvalue weighted by atomic mass is 32.1. The van der Waals surface area contributed by atoms with Crippen molar-refractivity contribution < 1.29 is 4.79 Å². The number of thiol groups is 2. The maximum absolute atomic E-state index is 10.7. The van der Waals surface area contributed by atoms with E-state index < -0.39 is 0 Å². The molecule has 0 aliphatic carbocycles. The molecule has 0 radical (unpaired) electrons. The fourth-order valence-corrected chi connectivity index (χ4v) is 0.858. The van der Waals surface area contributed by atoms with Gasteiger partial charge in [-0.3, -0.25) is 4.79 Å². The fourth-order valence-electron chi connectivity index (χ4n) is 0.497. The van der Waals surface area contributed by atoms with Crippen LogP contribution in [0.3, 0.4) is 0 Å². The Morgan fingerprint density at radius 3 is 2.50 bits per heavy atom. The molecule has 0 aromatic carbocycles. The van der Waals surface area contributed by atoms with Gasteiger partial charge in [-0.1, -0.05) is 0 Å². The monoisotopic (exact) mass is 179 g/mol. The first-order valence-electron chi connectivity index (χ1n) is 3.29. The van der Waals surface area contributed by atoms with Crippen molar-refractivity contribution in [2.24, 2.45) is 0 Å². The van der Waals surface area contributed by atoms with Gasteiger partial charge in [-0.25, -0.2) is 0 Å². The van der Waals surface area contributed by atoms with Crippen molar-refractivity contribution >= 4 is 31.2 Å². The molecule has 0 saturated heterocycles. The number of rotatable bonds is 5. The number of carbonyl (C=O) groups excluding carboxylic acids is 1. The van der Waals surface area contributed by atoms with E-state index in [0.717, 1.165) is 18.7 Å². The number of carbonyl (C=O) groups is 1. The average Bonchev–Trinajstić information content (AvgIpc) is 1.89. The quantitative estimate of drug-likeness (QED) is 0.422. The summed E-state index contributed by atoms with van der Waals surface area (Å²) in [4.78, 5) is 10.7. The van der Waals surface area contributed by atoms with Gasteiger partial charge in [0, 0.05) is 13.0 Å². The summed E-state index contributed by atoms with van der Waals surface area (Å²) in [7, 11) is 0. The van der Waals surface area contributed by atoms with Gasteiger partial charge < -0.3 is 5.32 Å². The third-order valence-electron chi connectivity index (χ3n) is 0.996. The normalized spacial score (nSPS) is 9.40. The van der Waals surface area contributed by atoms with Gasteiger partial charge in [-0.15, -0.1) is 0 Å². The molecule has 4 heteroatoms. The standard InChI is InChI=1S/C6H13NOS2/c8-6(2-5-10)7-3-1-4-9/h9-10H,1-5H2,(H,7,8). The molecular formula is C6H13NOS2. The molecule has 0 aromatic heterocycles. The topological polar surface area (TPSA) is 29.1 Å². The first kappa shape index (κ1) is 10.2. The molecule has 2 nitrogen and oxygen atoms in total. The van der Waals surface area contributed by atoms with E-state index in [-0.39, 0.29) is 5.91 Å². The van der Waals surface area contributed by atoms with Crippen LogP contribution >= 0.6 is 25.3 Å². The minimum atomic E-state index is 0.0804. The SMILES string of the molecule is O=C(CCS)NCCCS. The van der Waals surface area contributed by atoms with Crippen molar-refractivity contribution in [2.45, 2.75) is 12.8 Å². The largest absolute Gasteiger partial charge is 0.356 e. The number of hydrogen-bond donors (Lipinski definition) is 3. The maximum Gasteiger partial charge on any atom is 0.220 e. The van der Waals surface area contributed by atoms with Crippen molar-refractivity contribution in [3.63, 3.8) is 0 Å². The van der Waals surface area contributed by atoms with Gasteiger partial charge in [0.05, 0.1) is 0 Å². The first-order chi connectivity index (χ1) is 4.81. The molecule has 0 aliphatic heterocycles. The summed E-state index contributed by atoms with van der Waals surface area (Å²) < 4.78 is 0. The second-order valence-corrected chi connectivity index (χ2v) is 2.80. The Bertz CT molecular complexity index is 97.7. The number of amides is 1. The van der Waals surface area contributed by atoms with Gasteiger partial charge in [-0.05, 0) is 17.9 Å². The minimum Gasteiger partial charge on any atom is -0.356 e. The van der Waals surface area contributed by atoms with Crippen LogP contribution < -0.4 is 5.32 Å². The van der Waals surface area contributed by atoms with Crippen LogP contribution in [-0.2, 0) is 4.79 Å². The molecule has 0 spiro atoms. The molecule has 60 valence electrons. The molecule has 0 aromatic rings. The first-order valence-corrected chi connectivity index (χ1v) is 4.56. The Morgan fingerprint density at radius 1 is 1.30 bits per heavy atom. The fraction of sp³-hybridized carbons (Fsp3) is 0.833. The van der Waals surface area contributed by atoms with Crippen LogP contribution in [0.5, 0.6) is 0 Å². The second kappa shape index (κ2) is 7.28. The number of hydrogen-bond acceptors (Lipinski definition) is 3. The van der Waals surface area contributed by atoms with Crippen molar-refractivity contribution in [1.82, 2.24) is 5.32 Å². The summed E-state index contributed by atoms with van der Waals surface area (Å²) in [6.07, 6.45) is 1.44. The third kappa shape index (κ3) is 6.29. The van der Waals surface area contributed by atoms with Gasteiger partial charge in [0.15, 0.2) is 0 Å². The Morgan fingerprint density at radius 2 is 2.00 bits per heavy atom. The molecule has 0 atom stereocenters. The van der Waals surface area contributed by atoms with E-state index in [0.29, 0.717) is 12.2 Å². The Labute approximate surface area is 72.6 Å². The lowest BCUT2D eigenvalue weighted by Crippen LogP contribution is -2.24. The van der Waals surface area contributed by atoms with Gasteiger partial charge in [-0.2, -0.15) is 25.3 Å². The van der Waals surface area contributed by atoms with Crippen LogP contribution in [0.1, 0.15) is 12.8 Å². The van der Waals surface area contributed by atoms with Gasteiger partial charge in [0.25, 0.3) is 0 Å². The average molecular weight is 179 g/mol. The number of nitrogens with one attached hydrogen (secondary N) is 1. The Balaban J connectivity index is 3.05. The van der Waals surface area contributed by atoms with Crippen LogP contribution in [0, 0.1) is 0 Å². The summed E-state index contributed by atoms with van der Waals surface area (Å²) in [5.74, 6) is 1.52. The van der Waals surface area contributed by atoms with Crippen molar-refractivity contribution in [3.8, 4) is 0 Å². The lowest BCUT2D eigenvalue weighted by atomic mass is 10.4. The highest BCUT2D eigenvalue weighted by molar-refractivity contribution is 7.80. The van der Waals surface area contributed by atoms with Gasteiger partial charge in [0.2, 0.25) is 5.91 Å². The molecule has 0 fully saturated rings. The highest BCUT2D eigenvalue weighted by Gasteiger charge is 1.95. The van der Waals surface area contributed by atoms with E-state index in [2.05, 4.69) is 30.6 Å². The predicted octanol–water partition coefficient (Wildman–Crippen LogP) is 0.742. The predicted molar refractivity (Wildman–Crippen MR) is 49.9 cm³/mol. The van der Waals surface area contributed by atoms with E-state index in [4.69, 9.17) is 0 Å². The molecule has 1 N–H and O–H groups in total. The molecule has 0 aliphatic rings. The third-order valence-corrected chi connectivity index (χ3v) is 1.54. The van der Waals surface area contributed by atoms with Crippen molar-refractivity contribution in [2.75, 3.05) is 18.1 Å². The van der Waals surface area contributed by atoms with Crippen LogP contribution in [0.2, 0.25) is 0 Å². The zero-order chi connectivity index (χ0) is 7.82. The zero-order valence-corrected chi connectivity index (χ0v) is 7.63. The second-order valence-electron chi connectivity index (χ2n) is 1.90. The Kier molecular flexibility index (Phi) is 7.40. The van der Waals surface area contributed by atoms with E-state index in [1.807, 2.05) is 0 Å². The summed E-state index contributed by atoms with van der Waals surface area (Å²) in [6.45, 7) is 0.732. The van der Waals surface area contributed by atoms with E-state index >= 15 is 0 Å². The van der Waals surface area contributed by atoms with Crippen LogP contribution in [0.4, 0.5) is 0 Å². The van der Waals surface area contributed by atoms with Crippen LogP contribution in [-0.4, -0.2) is 24.0 Å². The summed E-state index contributed by atoms with van der Waals surface area (Å²) >= 11 is 7.94. The smallest absolute Gasteiger partial charge is 0.220 e. The molecule has 0 saturated carbocycles. The summed E-state index contributed by atoms with van der Waals surface area (Å²) in [6, 6.07) is 0. The minimum absolute atomic E-state index is 0.0804. The lowest BCUT2D eigenvalue weighted by molar-refractivity contribution is -0.120. The van der Waals surface area contributed by atoms with E-state index in [1.165, 1.54) is 0 Å². The molecular weight excluding hydrogens is 166 g/mol. The summed E-state index contributed by atoms with van der Waals surface area (Å²) in [5.41, 5.74) is 0. The molecule has 10 heavy (non-hydrogen) atoms. The van der Waals surface area contributed by atoms with Gasteiger partial charge in [0.1, 0.15) is 0 Å². The van der Waals surface area contributed by atoms with Gasteiger partial charge >= 0.3 is 0 Å². The lowest BCUT2D eigenvalue weighted by Gasteiger charge is -2.00. The molecule has 0 heterocycles. The molecule has 0 rings (SSSR count). The highest BCUT2D eigenvalue weighted by Crippen LogP contribution is 1.85. The van der Waals surface area contributed by atoms with Crippen LogP contribution in [0.15, 0.2) is 0 Å². The van der Waals surface area contributed by atoms with Crippen LogP contribution in [0.25, 0.3) is 0 Å². The maximum atomic E-state index is 10.7. The molecule has 0 bridgehead atoms. The van der Waals surface area contributed by atoms with E-state index in [9.17, 15) is 4.79 Å². The summed E-state index contributed by atoms with van der Waals surface area (Å²) in [5, 5.41) is 2.75. The zero-order valence-electron chi connectivity index (χ0n) is 5.84. The molecule has 0 unspecified atom stereocenters.